The highest BCUT2D eigenvalue weighted by molar-refractivity contribution is 8.26. The molecule has 6 nitrogen and oxygen atoms in total. The highest BCUT2D eigenvalue weighted by Crippen LogP contribution is 2.39. The summed E-state index contributed by atoms with van der Waals surface area (Å²) in [5, 5.41) is 9.46. The molecule has 1 heterocycles. The van der Waals surface area contributed by atoms with Gasteiger partial charge in [0.1, 0.15) is 10.9 Å². The van der Waals surface area contributed by atoms with Crippen molar-refractivity contribution in [3.63, 3.8) is 0 Å². The van der Waals surface area contributed by atoms with Crippen molar-refractivity contribution in [2.45, 2.75) is 20.5 Å². The zero-order chi connectivity index (χ0) is 22.5. The van der Waals surface area contributed by atoms with E-state index in [1.807, 2.05) is 13.8 Å². The van der Waals surface area contributed by atoms with Gasteiger partial charge in [0.25, 0.3) is 5.91 Å². The average molecular weight is 478 g/mol. The number of aromatic carboxylic acids is 1. The minimum atomic E-state index is -1.01. The van der Waals surface area contributed by atoms with Gasteiger partial charge in [-0.3, -0.25) is 9.69 Å². The summed E-state index contributed by atoms with van der Waals surface area (Å²) in [6.45, 7) is 4.74. The molecule has 0 radical (unpaired) electrons. The molecule has 0 aliphatic carbocycles. The van der Waals surface area contributed by atoms with E-state index in [2.05, 4.69) is 0 Å². The van der Waals surface area contributed by atoms with E-state index >= 15 is 0 Å². The first-order valence-electron chi connectivity index (χ1n) is 9.50. The molecule has 31 heavy (non-hydrogen) atoms. The number of carbonyl (C=O) groups is 2. The van der Waals surface area contributed by atoms with Crippen LogP contribution in [-0.4, -0.2) is 39.4 Å². The van der Waals surface area contributed by atoms with E-state index in [1.165, 1.54) is 17.8 Å². The summed E-state index contributed by atoms with van der Waals surface area (Å²) in [7, 11) is 0. The summed E-state index contributed by atoms with van der Waals surface area (Å²) in [6, 6.07) is 9.91. The molecule has 2 aromatic rings. The summed E-state index contributed by atoms with van der Waals surface area (Å²) >= 11 is 13.0. The van der Waals surface area contributed by atoms with E-state index in [1.54, 1.807) is 41.3 Å². The molecular weight excluding hydrogens is 458 g/mol. The lowest BCUT2D eigenvalue weighted by molar-refractivity contribution is -0.121. The van der Waals surface area contributed by atoms with E-state index < -0.39 is 5.97 Å². The molecule has 9 heteroatoms. The molecule has 3 rings (SSSR count). The molecule has 0 atom stereocenters. The van der Waals surface area contributed by atoms with Crippen molar-refractivity contribution in [1.82, 2.24) is 4.90 Å². The van der Waals surface area contributed by atoms with Crippen LogP contribution in [0.25, 0.3) is 6.08 Å². The van der Waals surface area contributed by atoms with Gasteiger partial charge in [-0.1, -0.05) is 47.7 Å². The quantitative estimate of drug-likeness (QED) is 0.411. The number of thiocarbonyl (C=S) groups is 1. The zero-order valence-corrected chi connectivity index (χ0v) is 19.3. The predicted octanol–water partition coefficient (Wildman–Crippen LogP) is 5.24. The number of amides is 1. The molecule has 1 N–H and O–H groups in total. The molecule has 162 valence electrons. The third-order valence-corrected chi connectivity index (χ3v) is 6.03. The number of rotatable bonds is 8. The van der Waals surface area contributed by atoms with Crippen LogP contribution in [0.4, 0.5) is 0 Å². The maximum Gasteiger partial charge on any atom is 0.335 e. The Labute approximate surface area is 194 Å². The van der Waals surface area contributed by atoms with Gasteiger partial charge in [0.2, 0.25) is 0 Å². The van der Waals surface area contributed by atoms with Crippen LogP contribution in [0.5, 0.6) is 11.5 Å². The Morgan fingerprint density at radius 1 is 1.26 bits per heavy atom. The molecule has 1 aliphatic rings. The Kier molecular flexibility index (Phi) is 7.59. The number of benzene rings is 2. The molecular formula is C22H20ClNO5S2. The van der Waals surface area contributed by atoms with Crippen LogP contribution >= 0.6 is 35.6 Å². The van der Waals surface area contributed by atoms with Crippen molar-refractivity contribution in [2.75, 3.05) is 13.2 Å². The molecule has 1 fully saturated rings. The fraction of sp³-hybridized carbons (Fsp3) is 0.227. The van der Waals surface area contributed by atoms with Crippen LogP contribution in [0, 0.1) is 0 Å². The maximum absolute atomic E-state index is 12.5. The standard InChI is InChI=1S/C22H20ClNO5S2/c1-3-24-20(25)18(31-22(24)30)11-14-9-16(23)19(17(10-14)28-4-2)29-12-13-6-5-7-15(8-13)21(26)27/h5-11H,3-4,12H2,1-2H3,(H,26,27)/b18-11-. The summed E-state index contributed by atoms with van der Waals surface area (Å²) in [4.78, 5) is 25.7. The van der Waals surface area contributed by atoms with Gasteiger partial charge < -0.3 is 14.6 Å². The second-order valence-electron chi connectivity index (χ2n) is 6.48. The Morgan fingerprint density at radius 2 is 2.03 bits per heavy atom. The highest BCUT2D eigenvalue weighted by Gasteiger charge is 2.30. The fourth-order valence-corrected chi connectivity index (χ4v) is 4.61. The Morgan fingerprint density at radius 3 is 2.68 bits per heavy atom. The van der Waals surface area contributed by atoms with Crippen LogP contribution in [0.2, 0.25) is 5.02 Å². The first-order valence-corrected chi connectivity index (χ1v) is 11.1. The van der Waals surface area contributed by atoms with E-state index in [9.17, 15) is 9.59 Å². The number of nitrogens with zero attached hydrogens (tertiary/aromatic N) is 1. The Balaban J connectivity index is 1.86. The number of thioether (sulfide) groups is 1. The lowest BCUT2D eigenvalue weighted by Gasteiger charge is -2.15. The third-order valence-electron chi connectivity index (χ3n) is 4.38. The molecule has 1 aliphatic heterocycles. The third kappa shape index (κ3) is 5.39. The first-order chi connectivity index (χ1) is 14.8. The van der Waals surface area contributed by atoms with Crippen LogP contribution < -0.4 is 9.47 Å². The second kappa shape index (κ2) is 10.2. The highest BCUT2D eigenvalue weighted by atomic mass is 35.5. The molecule has 0 spiro atoms. The summed E-state index contributed by atoms with van der Waals surface area (Å²) in [5.41, 5.74) is 1.55. The van der Waals surface area contributed by atoms with E-state index in [0.29, 0.717) is 50.0 Å². The average Bonchev–Trinajstić information content (AvgIpc) is 3.00. The number of halogens is 1. The van der Waals surface area contributed by atoms with E-state index in [4.69, 9.17) is 38.4 Å². The summed E-state index contributed by atoms with van der Waals surface area (Å²) < 4.78 is 12.1. The molecule has 0 unspecified atom stereocenters. The number of carboxylic acids is 1. The lowest BCUT2D eigenvalue weighted by atomic mass is 10.1. The van der Waals surface area contributed by atoms with Crippen molar-refractivity contribution >= 4 is 57.9 Å². The van der Waals surface area contributed by atoms with Gasteiger partial charge in [-0.25, -0.2) is 4.79 Å². The fourth-order valence-electron chi connectivity index (χ4n) is 2.95. The van der Waals surface area contributed by atoms with Crippen molar-refractivity contribution in [1.29, 1.82) is 0 Å². The minimum Gasteiger partial charge on any atom is -0.490 e. The van der Waals surface area contributed by atoms with Gasteiger partial charge in [-0.2, -0.15) is 0 Å². The van der Waals surface area contributed by atoms with E-state index in [-0.39, 0.29) is 18.1 Å². The number of carboxylic acid groups (broad SMARTS) is 1. The van der Waals surface area contributed by atoms with Gasteiger partial charge >= 0.3 is 5.97 Å². The van der Waals surface area contributed by atoms with Gasteiger partial charge in [0, 0.05) is 6.54 Å². The van der Waals surface area contributed by atoms with Gasteiger partial charge in [-0.05, 0) is 55.3 Å². The molecule has 0 bridgehead atoms. The van der Waals surface area contributed by atoms with Crippen molar-refractivity contribution < 1.29 is 24.2 Å². The minimum absolute atomic E-state index is 0.120. The van der Waals surface area contributed by atoms with Crippen LogP contribution in [0.15, 0.2) is 41.3 Å². The smallest absolute Gasteiger partial charge is 0.335 e. The van der Waals surface area contributed by atoms with Crippen LogP contribution in [0.3, 0.4) is 0 Å². The molecule has 2 aromatic carbocycles. The predicted molar refractivity (Wildman–Crippen MR) is 126 cm³/mol. The number of hydrogen-bond donors (Lipinski definition) is 1. The van der Waals surface area contributed by atoms with Crippen LogP contribution in [0.1, 0.15) is 35.3 Å². The number of ether oxygens (including phenoxy) is 2. The van der Waals surface area contributed by atoms with Gasteiger partial charge in [0.05, 0.1) is 22.1 Å². The zero-order valence-electron chi connectivity index (χ0n) is 16.9. The normalized spacial score (nSPS) is 14.9. The largest absolute Gasteiger partial charge is 0.490 e. The van der Waals surface area contributed by atoms with E-state index in [0.717, 1.165) is 0 Å². The monoisotopic (exact) mass is 477 g/mol. The van der Waals surface area contributed by atoms with Crippen LogP contribution in [-0.2, 0) is 11.4 Å². The molecule has 0 saturated carbocycles. The van der Waals surface area contributed by atoms with Crippen molar-refractivity contribution in [3.8, 4) is 11.5 Å². The summed E-state index contributed by atoms with van der Waals surface area (Å²) in [5.74, 6) is -0.359. The first kappa shape index (κ1) is 23.1. The topological polar surface area (TPSA) is 76.1 Å². The number of hydrogen-bond acceptors (Lipinski definition) is 6. The van der Waals surface area contributed by atoms with Crippen molar-refractivity contribution in [3.05, 3.63) is 63.0 Å². The maximum atomic E-state index is 12.5. The SMILES string of the molecule is CCOc1cc(/C=C2\SC(=S)N(CC)C2=O)cc(Cl)c1OCc1cccc(C(=O)O)c1. The molecule has 1 amide bonds. The number of carbonyl (C=O) groups excluding carboxylic acids is 1. The number of likely N-dealkylation sites (N-methyl/N-ethyl adjacent to an activating group) is 1. The Hall–Kier alpha value is -2.55. The molecule has 1 saturated heterocycles. The van der Waals surface area contributed by atoms with Crippen molar-refractivity contribution in [2.24, 2.45) is 0 Å². The van der Waals surface area contributed by atoms with Gasteiger partial charge in [0.15, 0.2) is 11.5 Å². The Bertz CT molecular complexity index is 1070. The second-order valence-corrected chi connectivity index (χ2v) is 8.57. The lowest BCUT2D eigenvalue weighted by Crippen LogP contribution is -2.27. The van der Waals surface area contributed by atoms with Gasteiger partial charge in [-0.15, -0.1) is 0 Å². The molecule has 0 aromatic heterocycles. The summed E-state index contributed by atoms with van der Waals surface area (Å²) in [6.07, 6.45) is 1.73.